The Morgan fingerprint density at radius 2 is 0.882 bits per heavy atom. The second-order valence-electron chi connectivity index (χ2n) is 9.20. The topological polar surface area (TPSA) is 125 Å². The molecule has 0 atom stereocenters. The second-order valence-corrected chi connectivity index (χ2v) is 10.3. The molecule has 0 saturated heterocycles. The van der Waals surface area contributed by atoms with Gasteiger partial charge in [-0.3, -0.25) is 0 Å². The Hall–Kier alpha value is -0.0100. The highest BCUT2D eigenvalue weighted by Gasteiger charge is 1.96. The van der Waals surface area contributed by atoms with Crippen LogP contribution in [-0.2, 0) is 9.09 Å². The minimum absolute atomic E-state index is 0.0449. The molecule has 0 spiro atoms. The number of hydrogen-bond donors (Lipinski definition) is 3. The van der Waals surface area contributed by atoms with Gasteiger partial charge in [0.2, 0.25) is 0 Å². The summed E-state index contributed by atoms with van der Waals surface area (Å²) in [4.78, 5) is 20.6. The van der Waals surface area contributed by atoms with Crippen LogP contribution in [0, 0.1) is 0 Å². The van der Waals surface area contributed by atoms with Crippen LogP contribution in [0.25, 0.3) is 0 Å². The fraction of sp³-hybridized carbons (Fsp3) is 1.00. The highest BCUT2D eigenvalue weighted by molar-refractivity contribution is 7.43. The Bertz CT molecular complexity index is 405. The van der Waals surface area contributed by atoms with Crippen LogP contribution in [0.5, 0.6) is 0 Å². The lowest BCUT2D eigenvalue weighted by atomic mass is 10.0. The normalized spacial score (nSPS) is 11.4. The van der Waals surface area contributed by atoms with Crippen molar-refractivity contribution in [1.82, 2.24) is 5.32 Å². The number of aliphatic hydroxyl groups excluding tert-OH is 2. The molecular formula is C26H56NO6P-2. The van der Waals surface area contributed by atoms with E-state index < -0.39 is 7.82 Å². The highest BCUT2D eigenvalue weighted by atomic mass is 31.2. The van der Waals surface area contributed by atoms with Gasteiger partial charge in [0.15, 0.2) is 0 Å². The van der Waals surface area contributed by atoms with Gasteiger partial charge in [-0.05, 0) is 6.42 Å². The largest absolute Gasteiger partial charge is 0.790 e. The van der Waals surface area contributed by atoms with Gasteiger partial charge in [-0.2, -0.15) is 0 Å². The zero-order valence-corrected chi connectivity index (χ0v) is 23.0. The van der Waals surface area contributed by atoms with E-state index in [-0.39, 0.29) is 19.8 Å². The predicted octanol–water partition coefficient (Wildman–Crippen LogP) is 5.21. The van der Waals surface area contributed by atoms with Crippen molar-refractivity contribution in [3.63, 3.8) is 0 Å². The molecule has 0 unspecified atom stereocenters. The lowest BCUT2D eigenvalue weighted by molar-refractivity contribution is -0.341. The van der Waals surface area contributed by atoms with Crippen LogP contribution in [0.4, 0.5) is 0 Å². The van der Waals surface area contributed by atoms with Crippen molar-refractivity contribution in [2.75, 3.05) is 32.9 Å². The zero-order chi connectivity index (χ0) is 25.6. The molecule has 0 radical (unpaired) electrons. The van der Waals surface area contributed by atoms with Crippen molar-refractivity contribution in [3.05, 3.63) is 0 Å². The van der Waals surface area contributed by atoms with Crippen LogP contribution in [0.2, 0.25) is 0 Å². The molecule has 0 aromatic rings. The number of rotatable bonds is 26. The van der Waals surface area contributed by atoms with Crippen LogP contribution in [0.3, 0.4) is 0 Å². The fourth-order valence-corrected chi connectivity index (χ4v) is 4.17. The van der Waals surface area contributed by atoms with Gasteiger partial charge in [0, 0.05) is 13.1 Å². The van der Waals surface area contributed by atoms with E-state index in [4.69, 9.17) is 10.2 Å². The number of hydrogen-bond acceptors (Lipinski definition) is 7. The molecule has 0 aliphatic carbocycles. The third-order valence-corrected chi connectivity index (χ3v) is 6.32. The maximum absolute atomic E-state index is 10.3. The van der Waals surface area contributed by atoms with E-state index in [2.05, 4.69) is 16.8 Å². The molecule has 3 N–H and O–H groups in total. The molecule has 0 fully saturated rings. The number of phosphoric acid groups is 1. The first-order valence-electron chi connectivity index (χ1n) is 14.1. The summed E-state index contributed by atoms with van der Waals surface area (Å²) in [6, 6.07) is 0. The van der Waals surface area contributed by atoms with Gasteiger partial charge in [0.25, 0.3) is 0 Å². The Kier molecular flexibility index (Phi) is 33.0. The summed E-state index contributed by atoms with van der Waals surface area (Å²) >= 11 is 0. The van der Waals surface area contributed by atoms with Gasteiger partial charge >= 0.3 is 0 Å². The summed E-state index contributed by atoms with van der Waals surface area (Å²) < 4.78 is 14.5. The van der Waals surface area contributed by atoms with Crippen molar-refractivity contribution in [3.8, 4) is 0 Å². The van der Waals surface area contributed by atoms with Gasteiger partial charge in [-0.15, -0.1) is 0 Å². The summed E-state index contributed by atoms with van der Waals surface area (Å²) in [5.41, 5.74) is 0. The van der Waals surface area contributed by atoms with Crippen molar-refractivity contribution in [2.24, 2.45) is 0 Å². The van der Waals surface area contributed by atoms with Gasteiger partial charge in [0.05, 0.1) is 27.6 Å². The average Bonchev–Trinajstić information content (AvgIpc) is 2.80. The Labute approximate surface area is 210 Å². The van der Waals surface area contributed by atoms with Gasteiger partial charge in [-0.25, -0.2) is 0 Å². The van der Waals surface area contributed by atoms with Crippen LogP contribution in [0.1, 0.15) is 135 Å². The number of aliphatic hydroxyl groups is 2. The Balaban J connectivity index is 0. The quantitative estimate of drug-likeness (QED) is 0.108. The molecule has 0 amide bonds. The van der Waals surface area contributed by atoms with E-state index in [1.807, 2.05) is 0 Å². The van der Waals surface area contributed by atoms with Crippen LogP contribution in [0.15, 0.2) is 0 Å². The summed E-state index contributed by atoms with van der Waals surface area (Å²) in [5.74, 6) is 0. The van der Waals surface area contributed by atoms with E-state index >= 15 is 0 Å². The summed E-state index contributed by atoms with van der Waals surface area (Å²) in [5, 5.41) is 19.1. The number of nitrogens with one attached hydrogen (secondary N) is 1. The lowest BCUT2D eigenvalue weighted by Crippen LogP contribution is -2.21. The zero-order valence-electron chi connectivity index (χ0n) is 22.2. The molecule has 0 aromatic carbocycles. The third kappa shape index (κ3) is 39.2. The Morgan fingerprint density at radius 3 is 1.15 bits per heavy atom. The highest BCUT2D eigenvalue weighted by Crippen LogP contribution is 2.24. The molecule has 0 bridgehead atoms. The first-order valence-corrected chi connectivity index (χ1v) is 15.5. The summed E-state index contributed by atoms with van der Waals surface area (Å²) in [6.45, 7) is 3.74. The van der Waals surface area contributed by atoms with Crippen molar-refractivity contribution >= 4 is 7.82 Å². The smallest absolute Gasteiger partial charge is 0.0596 e. The van der Waals surface area contributed by atoms with Gasteiger partial charge in [-0.1, -0.05) is 129 Å². The maximum atomic E-state index is 10.3. The molecule has 0 aliphatic heterocycles. The van der Waals surface area contributed by atoms with E-state index in [1.54, 1.807) is 0 Å². The molecule has 0 rings (SSSR count). The molecule has 0 heterocycles. The number of unbranched alkanes of at least 4 members (excludes halogenated alkanes) is 19. The summed E-state index contributed by atoms with van der Waals surface area (Å²) in [7, 11) is -4.76. The number of phosphoric ester groups is 1. The SMILES string of the molecule is CCCCCCCCCCCCCCCCCCCCCCOP(=O)([O-])[O-].OCCNCCO. The third-order valence-electron chi connectivity index (χ3n) is 5.82. The van der Waals surface area contributed by atoms with Gasteiger partial charge in [0.1, 0.15) is 0 Å². The molecule has 7 nitrogen and oxygen atoms in total. The minimum atomic E-state index is -4.76. The molecule has 0 aliphatic rings. The summed E-state index contributed by atoms with van der Waals surface area (Å²) in [6.07, 6.45) is 26.2. The molecule has 8 heteroatoms. The van der Waals surface area contributed by atoms with Crippen LogP contribution < -0.4 is 15.1 Å². The first kappa shape index (κ1) is 36.1. The predicted molar refractivity (Wildman–Crippen MR) is 139 cm³/mol. The first-order chi connectivity index (χ1) is 16.5. The molecule has 208 valence electrons. The molecule has 0 saturated carbocycles. The maximum Gasteiger partial charge on any atom is 0.0596 e. The van der Waals surface area contributed by atoms with E-state index in [0.29, 0.717) is 19.5 Å². The van der Waals surface area contributed by atoms with Crippen LogP contribution in [-0.4, -0.2) is 43.1 Å². The van der Waals surface area contributed by atoms with Crippen molar-refractivity contribution in [1.29, 1.82) is 0 Å². The molecular weight excluding hydrogens is 453 g/mol. The van der Waals surface area contributed by atoms with Crippen molar-refractivity contribution < 1.29 is 29.1 Å². The van der Waals surface area contributed by atoms with Crippen molar-refractivity contribution in [2.45, 2.75) is 135 Å². The lowest BCUT2D eigenvalue weighted by Gasteiger charge is -2.28. The van der Waals surface area contributed by atoms with E-state index in [1.165, 1.54) is 109 Å². The fourth-order valence-electron chi connectivity index (χ4n) is 3.82. The van der Waals surface area contributed by atoms with Crippen LogP contribution >= 0.6 is 7.82 Å². The van der Waals surface area contributed by atoms with E-state index in [9.17, 15) is 14.4 Å². The minimum Gasteiger partial charge on any atom is -0.790 e. The average molecular weight is 510 g/mol. The Morgan fingerprint density at radius 1 is 0.588 bits per heavy atom. The molecule has 0 aromatic heterocycles. The monoisotopic (exact) mass is 509 g/mol. The standard InChI is InChI=1S/C22H47O4P.C4H11NO2/c1-2-3-4-5-6-7-8-9-10-11-12-13-14-15-16-17-18-19-20-21-22-26-27(23,24)25;6-3-1-5-2-4-7/h2-22H2,1H3,(H2,23,24,25);5-7H,1-4H2/p-2. The van der Waals surface area contributed by atoms with Gasteiger partial charge < -0.3 is 34.4 Å². The second kappa shape index (κ2) is 31.0. The van der Waals surface area contributed by atoms with E-state index in [0.717, 1.165) is 12.8 Å². The molecule has 34 heavy (non-hydrogen) atoms.